The Labute approximate surface area is 125 Å². The van der Waals surface area contributed by atoms with E-state index in [4.69, 9.17) is 10.9 Å². The van der Waals surface area contributed by atoms with Gasteiger partial charge in [-0.2, -0.15) is 0 Å². The lowest BCUT2D eigenvalue weighted by Gasteiger charge is -2.10. The molecule has 0 aliphatic rings. The lowest BCUT2D eigenvalue weighted by atomic mass is 10.1. The fourth-order valence-corrected chi connectivity index (χ4v) is 2.79. The highest BCUT2D eigenvalue weighted by atomic mass is 32.2. The number of hydrogen-bond acceptors (Lipinski definition) is 4. The molecule has 5 nitrogen and oxygen atoms in total. The van der Waals surface area contributed by atoms with E-state index in [1.807, 2.05) is 12.1 Å². The van der Waals surface area contributed by atoms with Crippen LogP contribution in [0.1, 0.15) is 11.1 Å². The molecule has 2 aromatic carbocycles. The first-order valence-corrected chi connectivity index (χ1v) is 8.13. The lowest BCUT2D eigenvalue weighted by molar-refractivity contribution is 0.598. The predicted molar refractivity (Wildman–Crippen MR) is 85.6 cm³/mol. The molecule has 0 amide bonds. The molecule has 0 aliphatic carbocycles. The molecule has 21 heavy (non-hydrogen) atoms. The van der Waals surface area contributed by atoms with Crippen LogP contribution in [0.3, 0.4) is 0 Å². The smallest absolute Gasteiger partial charge is 0.240 e. The SMILES string of the molecule is Cc1ccccc1CCNc1ccc(S(N)(=O)=O)c(N)c1. The van der Waals surface area contributed by atoms with Crippen molar-refractivity contribution in [3.63, 3.8) is 0 Å². The zero-order chi connectivity index (χ0) is 15.5. The Hall–Kier alpha value is -2.05. The Balaban J connectivity index is 2.02. The van der Waals surface area contributed by atoms with Gasteiger partial charge in [0.05, 0.1) is 5.69 Å². The largest absolute Gasteiger partial charge is 0.398 e. The van der Waals surface area contributed by atoms with E-state index in [2.05, 4.69) is 24.4 Å². The maximum Gasteiger partial charge on any atom is 0.240 e. The monoisotopic (exact) mass is 305 g/mol. The molecule has 0 bridgehead atoms. The van der Waals surface area contributed by atoms with Gasteiger partial charge >= 0.3 is 0 Å². The minimum atomic E-state index is -3.77. The summed E-state index contributed by atoms with van der Waals surface area (Å²) in [5, 5.41) is 8.30. The standard InChI is InChI=1S/C15H19N3O2S/c1-11-4-2-3-5-12(11)8-9-18-13-6-7-15(14(16)10-13)21(17,19)20/h2-7,10,18H,8-9,16H2,1H3,(H2,17,19,20). The maximum atomic E-state index is 11.3. The second-order valence-electron chi connectivity index (χ2n) is 4.90. The molecule has 6 heteroatoms. The quantitative estimate of drug-likeness (QED) is 0.734. The summed E-state index contributed by atoms with van der Waals surface area (Å²) in [5.74, 6) is 0. The van der Waals surface area contributed by atoms with Gasteiger partial charge in [-0.1, -0.05) is 24.3 Å². The molecule has 0 aromatic heterocycles. The Kier molecular flexibility index (Phi) is 4.50. The van der Waals surface area contributed by atoms with Gasteiger partial charge in [-0.25, -0.2) is 13.6 Å². The molecule has 0 atom stereocenters. The highest BCUT2D eigenvalue weighted by Crippen LogP contribution is 2.21. The van der Waals surface area contributed by atoms with E-state index in [-0.39, 0.29) is 10.6 Å². The number of anilines is 2. The van der Waals surface area contributed by atoms with Crippen molar-refractivity contribution in [2.75, 3.05) is 17.6 Å². The van der Waals surface area contributed by atoms with Crippen LogP contribution in [0.5, 0.6) is 0 Å². The van der Waals surface area contributed by atoms with Gasteiger partial charge in [-0.05, 0) is 42.7 Å². The first kappa shape index (κ1) is 15.3. The van der Waals surface area contributed by atoms with E-state index in [0.717, 1.165) is 18.7 Å². The first-order chi connectivity index (χ1) is 9.88. The van der Waals surface area contributed by atoms with E-state index in [0.29, 0.717) is 0 Å². The van der Waals surface area contributed by atoms with Crippen molar-refractivity contribution in [3.8, 4) is 0 Å². The number of hydrogen-bond donors (Lipinski definition) is 3. The normalized spacial score (nSPS) is 11.3. The van der Waals surface area contributed by atoms with Crippen molar-refractivity contribution in [2.24, 2.45) is 5.14 Å². The van der Waals surface area contributed by atoms with Gasteiger partial charge in [-0.15, -0.1) is 0 Å². The molecule has 2 aromatic rings. The number of nitrogen functional groups attached to an aromatic ring is 1. The van der Waals surface area contributed by atoms with Crippen molar-refractivity contribution in [3.05, 3.63) is 53.6 Å². The van der Waals surface area contributed by atoms with Crippen LogP contribution in [0.15, 0.2) is 47.4 Å². The van der Waals surface area contributed by atoms with Crippen LogP contribution in [0.2, 0.25) is 0 Å². The minimum absolute atomic E-state index is 0.0491. The topological polar surface area (TPSA) is 98.2 Å². The van der Waals surface area contributed by atoms with Crippen LogP contribution in [0, 0.1) is 6.92 Å². The third kappa shape index (κ3) is 3.96. The third-order valence-corrected chi connectivity index (χ3v) is 4.29. The number of primary sulfonamides is 1. The second-order valence-corrected chi connectivity index (χ2v) is 6.43. The third-order valence-electron chi connectivity index (χ3n) is 3.30. The van der Waals surface area contributed by atoms with Crippen LogP contribution >= 0.6 is 0 Å². The maximum absolute atomic E-state index is 11.3. The van der Waals surface area contributed by atoms with Crippen LogP contribution in [0.25, 0.3) is 0 Å². The Morgan fingerprint density at radius 2 is 1.86 bits per heavy atom. The van der Waals surface area contributed by atoms with Crippen LogP contribution in [-0.4, -0.2) is 15.0 Å². The molecule has 0 unspecified atom stereocenters. The fourth-order valence-electron chi connectivity index (χ4n) is 2.15. The number of sulfonamides is 1. The lowest BCUT2D eigenvalue weighted by Crippen LogP contribution is -2.14. The highest BCUT2D eigenvalue weighted by molar-refractivity contribution is 7.89. The highest BCUT2D eigenvalue weighted by Gasteiger charge is 2.12. The average molecular weight is 305 g/mol. The van der Waals surface area contributed by atoms with Gasteiger partial charge in [0, 0.05) is 12.2 Å². The van der Waals surface area contributed by atoms with E-state index >= 15 is 0 Å². The second kappa shape index (κ2) is 6.15. The van der Waals surface area contributed by atoms with Crippen molar-refractivity contribution in [2.45, 2.75) is 18.2 Å². The van der Waals surface area contributed by atoms with Crippen LogP contribution in [0.4, 0.5) is 11.4 Å². The molecule has 0 heterocycles. The van der Waals surface area contributed by atoms with Gasteiger partial charge in [0.1, 0.15) is 4.90 Å². The summed E-state index contributed by atoms with van der Waals surface area (Å²) in [5.41, 5.74) is 9.17. The zero-order valence-electron chi connectivity index (χ0n) is 11.8. The van der Waals surface area contributed by atoms with Crippen molar-refractivity contribution >= 4 is 21.4 Å². The van der Waals surface area contributed by atoms with Gasteiger partial charge in [0.15, 0.2) is 0 Å². The summed E-state index contributed by atoms with van der Waals surface area (Å²) >= 11 is 0. The summed E-state index contributed by atoms with van der Waals surface area (Å²) in [6.45, 7) is 2.81. The van der Waals surface area contributed by atoms with Crippen molar-refractivity contribution in [1.29, 1.82) is 0 Å². The van der Waals surface area contributed by atoms with Crippen LogP contribution < -0.4 is 16.2 Å². The Morgan fingerprint density at radius 3 is 2.48 bits per heavy atom. The molecule has 0 radical (unpaired) electrons. The molecule has 5 N–H and O–H groups in total. The van der Waals surface area contributed by atoms with Gasteiger partial charge in [-0.3, -0.25) is 0 Å². The zero-order valence-corrected chi connectivity index (χ0v) is 12.7. The molecule has 0 saturated carbocycles. The minimum Gasteiger partial charge on any atom is -0.398 e. The number of nitrogens with two attached hydrogens (primary N) is 2. The van der Waals surface area contributed by atoms with Crippen molar-refractivity contribution in [1.82, 2.24) is 0 Å². The van der Waals surface area contributed by atoms with E-state index in [9.17, 15) is 8.42 Å². The van der Waals surface area contributed by atoms with Crippen molar-refractivity contribution < 1.29 is 8.42 Å². The summed E-state index contributed by atoms with van der Waals surface area (Å²) in [7, 11) is -3.77. The van der Waals surface area contributed by atoms with Gasteiger partial charge in [0.2, 0.25) is 10.0 Å². The molecular formula is C15H19N3O2S. The predicted octanol–water partition coefficient (Wildman–Crippen LogP) is 1.88. The fraction of sp³-hybridized carbons (Fsp3) is 0.200. The van der Waals surface area contributed by atoms with Gasteiger partial charge in [0.25, 0.3) is 0 Å². The summed E-state index contributed by atoms with van der Waals surface area (Å²) in [4.78, 5) is -0.0491. The van der Waals surface area contributed by atoms with E-state index in [1.165, 1.54) is 17.2 Å². The molecule has 112 valence electrons. The van der Waals surface area contributed by atoms with Crippen LogP contribution in [-0.2, 0) is 16.4 Å². The molecular weight excluding hydrogens is 286 g/mol. The number of aryl methyl sites for hydroxylation is 1. The van der Waals surface area contributed by atoms with Gasteiger partial charge < -0.3 is 11.1 Å². The molecule has 0 fully saturated rings. The number of rotatable bonds is 5. The molecule has 0 saturated heterocycles. The molecule has 2 rings (SSSR count). The Morgan fingerprint density at radius 1 is 1.14 bits per heavy atom. The summed E-state index contributed by atoms with van der Waals surface area (Å²) in [6.07, 6.45) is 0.878. The number of nitrogens with one attached hydrogen (secondary N) is 1. The number of benzene rings is 2. The summed E-state index contributed by atoms with van der Waals surface area (Å²) in [6, 6.07) is 12.9. The Bertz CT molecular complexity index is 742. The summed E-state index contributed by atoms with van der Waals surface area (Å²) < 4.78 is 22.6. The van der Waals surface area contributed by atoms with E-state index in [1.54, 1.807) is 12.1 Å². The molecule has 0 aliphatic heterocycles. The molecule has 0 spiro atoms. The van der Waals surface area contributed by atoms with E-state index < -0.39 is 10.0 Å². The average Bonchev–Trinajstić information content (AvgIpc) is 2.39. The first-order valence-electron chi connectivity index (χ1n) is 6.58.